The largest absolute Gasteiger partial charge is 0.484 e. The molecule has 1 N–H and O–H groups in total. The van der Waals surface area contributed by atoms with Crippen molar-refractivity contribution in [2.75, 3.05) is 6.61 Å². The average Bonchev–Trinajstić information content (AvgIpc) is 3.06. The molecular formula is C18H19N3O2. The van der Waals surface area contributed by atoms with Crippen molar-refractivity contribution in [1.82, 2.24) is 15.1 Å². The Bertz CT molecular complexity index is 811. The van der Waals surface area contributed by atoms with Crippen molar-refractivity contribution < 1.29 is 9.53 Å². The maximum atomic E-state index is 11.9. The number of carbonyl (C=O) groups excluding carboxylic acids is 1. The molecule has 3 aromatic rings. The molecule has 3 rings (SSSR count). The number of ether oxygens (including phenoxy) is 1. The van der Waals surface area contributed by atoms with Gasteiger partial charge in [-0.25, -0.2) is 0 Å². The SMILES string of the molecule is CCn1ccc(CNC(=O)COc2ccc3ccccc3c2)n1. The van der Waals surface area contributed by atoms with Crippen LogP contribution in [0.1, 0.15) is 12.6 Å². The minimum atomic E-state index is -0.163. The first kappa shape index (κ1) is 15.1. The molecule has 0 saturated carbocycles. The summed E-state index contributed by atoms with van der Waals surface area (Å²) in [6, 6.07) is 15.7. The number of aromatic nitrogens is 2. The van der Waals surface area contributed by atoms with Gasteiger partial charge in [0.25, 0.3) is 5.91 Å². The van der Waals surface area contributed by atoms with Gasteiger partial charge in [0.15, 0.2) is 6.61 Å². The van der Waals surface area contributed by atoms with Crippen LogP contribution in [-0.4, -0.2) is 22.3 Å². The summed E-state index contributed by atoms with van der Waals surface area (Å²) in [5, 5.41) is 9.36. The third-order valence-electron chi connectivity index (χ3n) is 3.58. The summed E-state index contributed by atoms with van der Waals surface area (Å²) >= 11 is 0. The third kappa shape index (κ3) is 3.88. The molecule has 0 aliphatic carbocycles. The van der Waals surface area contributed by atoms with Crippen molar-refractivity contribution in [1.29, 1.82) is 0 Å². The number of fused-ring (bicyclic) bond motifs is 1. The predicted octanol–water partition coefficient (Wildman–Crippen LogP) is 2.75. The van der Waals surface area contributed by atoms with Crippen LogP contribution in [0.15, 0.2) is 54.7 Å². The quantitative estimate of drug-likeness (QED) is 0.762. The monoisotopic (exact) mass is 309 g/mol. The number of hydrogen-bond acceptors (Lipinski definition) is 3. The van der Waals surface area contributed by atoms with Crippen LogP contribution in [0, 0.1) is 0 Å². The first-order valence-electron chi connectivity index (χ1n) is 7.65. The Balaban J connectivity index is 1.51. The predicted molar refractivity (Wildman–Crippen MR) is 89.2 cm³/mol. The van der Waals surface area contributed by atoms with Gasteiger partial charge in [0.2, 0.25) is 0 Å². The number of nitrogens with zero attached hydrogens (tertiary/aromatic N) is 2. The van der Waals surface area contributed by atoms with Crippen LogP contribution in [0.2, 0.25) is 0 Å². The van der Waals surface area contributed by atoms with E-state index in [0.717, 1.165) is 23.0 Å². The zero-order valence-electron chi connectivity index (χ0n) is 13.0. The fourth-order valence-corrected chi connectivity index (χ4v) is 2.32. The standard InChI is InChI=1S/C18H19N3O2/c1-2-21-10-9-16(20-21)12-19-18(22)13-23-17-8-7-14-5-3-4-6-15(14)11-17/h3-11H,2,12-13H2,1H3,(H,19,22). The Morgan fingerprint density at radius 3 is 2.78 bits per heavy atom. The minimum Gasteiger partial charge on any atom is -0.484 e. The van der Waals surface area contributed by atoms with Crippen LogP contribution in [0.25, 0.3) is 10.8 Å². The summed E-state index contributed by atoms with van der Waals surface area (Å²) in [5.74, 6) is 0.526. The van der Waals surface area contributed by atoms with E-state index in [1.54, 1.807) is 0 Å². The van der Waals surface area contributed by atoms with Crippen molar-refractivity contribution in [2.45, 2.75) is 20.0 Å². The topological polar surface area (TPSA) is 56.2 Å². The van der Waals surface area contributed by atoms with Gasteiger partial charge in [0, 0.05) is 12.7 Å². The molecule has 118 valence electrons. The number of rotatable bonds is 6. The number of nitrogens with one attached hydrogen (secondary N) is 1. The van der Waals surface area contributed by atoms with E-state index in [4.69, 9.17) is 4.74 Å². The molecule has 0 spiro atoms. The number of amides is 1. The zero-order valence-corrected chi connectivity index (χ0v) is 13.0. The van der Waals surface area contributed by atoms with E-state index in [0.29, 0.717) is 12.3 Å². The lowest BCUT2D eigenvalue weighted by molar-refractivity contribution is -0.123. The van der Waals surface area contributed by atoms with Gasteiger partial charge in [-0.3, -0.25) is 9.48 Å². The lowest BCUT2D eigenvalue weighted by Gasteiger charge is -2.07. The van der Waals surface area contributed by atoms with E-state index >= 15 is 0 Å². The number of benzene rings is 2. The van der Waals surface area contributed by atoms with E-state index in [-0.39, 0.29) is 12.5 Å². The highest BCUT2D eigenvalue weighted by Crippen LogP contribution is 2.20. The Morgan fingerprint density at radius 2 is 2.00 bits per heavy atom. The molecule has 2 aromatic carbocycles. The zero-order chi connectivity index (χ0) is 16.1. The van der Waals surface area contributed by atoms with Crippen molar-refractivity contribution >= 4 is 16.7 Å². The average molecular weight is 309 g/mol. The summed E-state index contributed by atoms with van der Waals surface area (Å²) in [4.78, 5) is 11.9. The summed E-state index contributed by atoms with van der Waals surface area (Å²) in [5.41, 5.74) is 0.839. The molecular weight excluding hydrogens is 290 g/mol. The minimum absolute atomic E-state index is 0.00712. The summed E-state index contributed by atoms with van der Waals surface area (Å²) < 4.78 is 7.38. The summed E-state index contributed by atoms with van der Waals surface area (Å²) in [7, 11) is 0. The maximum absolute atomic E-state index is 11.9. The van der Waals surface area contributed by atoms with Crippen LogP contribution < -0.4 is 10.1 Å². The molecule has 0 saturated heterocycles. The molecule has 1 heterocycles. The van der Waals surface area contributed by atoms with Crippen molar-refractivity contribution in [3.63, 3.8) is 0 Å². The smallest absolute Gasteiger partial charge is 0.258 e. The Morgan fingerprint density at radius 1 is 1.17 bits per heavy atom. The van der Waals surface area contributed by atoms with Crippen molar-refractivity contribution in [3.8, 4) is 5.75 Å². The molecule has 0 atom stereocenters. The molecule has 0 aliphatic rings. The molecule has 0 unspecified atom stereocenters. The van der Waals surface area contributed by atoms with E-state index < -0.39 is 0 Å². The second kappa shape index (κ2) is 6.96. The van der Waals surface area contributed by atoms with Gasteiger partial charge in [-0.2, -0.15) is 5.10 Å². The molecule has 1 amide bonds. The van der Waals surface area contributed by atoms with E-state index in [1.165, 1.54) is 0 Å². The number of carbonyl (C=O) groups is 1. The second-order valence-electron chi connectivity index (χ2n) is 5.24. The second-order valence-corrected chi connectivity index (χ2v) is 5.24. The van der Waals surface area contributed by atoms with E-state index in [2.05, 4.69) is 10.4 Å². The normalized spacial score (nSPS) is 10.7. The first-order chi connectivity index (χ1) is 11.2. The molecule has 0 bridgehead atoms. The molecule has 5 nitrogen and oxygen atoms in total. The molecule has 5 heteroatoms. The van der Waals surface area contributed by atoms with Gasteiger partial charge in [0.1, 0.15) is 5.75 Å². The van der Waals surface area contributed by atoms with Crippen LogP contribution in [0.5, 0.6) is 5.75 Å². The molecule has 23 heavy (non-hydrogen) atoms. The first-order valence-corrected chi connectivity index (χ1v) is 7.65. The molecule has 1 aromatic heterocycles. The Kier molecular flexibility index (Phi) is 4.57. The Labute approximate surface area is 134 Å². The summed E-state index contributed by atoms with van der Waals surface area (Å²) in [6.45, 7) is 3.24. The van der Waals surface area contributed by atoms with Gasteiger partial charge in [-0.1, -0.05) is 30.3 Å². The summed E-state index contributed by atoms with van der Waals surface area (Å²) in [6.07, 6.45) is 1.90. The highest BCUT2D eigenvalue weighted by atomic mass is 16.5. The third-order valence-corrected chi connectivity index (χ3v) is 3.58. The van der Waals surface area contributed by atoms with Crippen LogP contribution >= 0.6 is 0 Å². The number of aryl methyl sites for hydroxylation is 1. The van der Waals surface area contributed by atoms with Crippen molar-refractivity contribution in [3.05, 3.63) is 60.4 Å². The number of hydrogen-bond donors (Lipinski definition) is 1. The van der Waals surface area contributed by atoms with Gasteiger partial charge in [-0.05, 0) is 35.9 Å². The lowest BCUT2D eigenvalue weighted by atomic mass is 10.1. The van der Waals surface area contributed by atoms with Crippen LogP contribution in [0.3, 0.4) is 0 Å². The van der Waals surface area contributed by atoms with Gasteiger partial charge < -0.3 is 10.1 Å². The maximum Gasteiger partial charge on any atom is 0.258 e. The van der Waals surface area contributed by atoms with Crippen LogP contribution in [0.4, 0.5) is 0 Å². The van der Waals surface area contributed by atoms with Gasteiger partial charge >= 0.3 is 0 Å². The van der Waals surface area contributed by atoms with Gasteiger partial charge in [0.05, 0.1) is 12.2 Å². The van der Waals surface area contributed by atoms with E-state index in [1.807, 2.05) is 66.3 Å². The fourth-order valence-electron chi connectivity index (χ4n) is 2.32. The lowest BCUT2D eigenvalue weighted by Crippen LogP contribution is -2.28. The van der Waals surface area contributed by atoms with E-state index in [9.17, 15) is 4.79 Å². The molecule has 0 radical (unpaired) electrons. The van der Waals surface area contributed by atoms with Crippen LogP contribution in [-0.2, 0) is 17.9 Å². The Hall–Kier alpha value is -2.82. The molecule has 0 fully saturated rings. The highest BCUT2D eigenvalue weighted by Gasteiger charge is 2.05. The fraction of sp³-hybridized carbons (Fsp3) is 0.222. The highest BCUT2D eigenvalue weighted by molar-refractivity contribution is 5.84. The van der Waals surface area contributed by atoms with Crippen molar-refractivity contribution in [2.24, 2.45) is 0 Å². The molecule has 0 aliphatic heterocycles. The van der Waals surface area contributed by atoms with Gasteiger partial charge in [-0.15, -0.1) is 0 Å².